The predicted molar refractivity (Wildman–Crippen MR) is 79.5 cm³/mol. The number of nitrogens with zero attached hydrogens (tertiary/aromatic N) is 2. The molecule has 5 heteroatoms. The van der Waals surface area contributed by atoms with E-state index < -0.39 is 17.7 Å². The molecule has 3 nitrogen and oxygen atoms in total. The highest BCUT2D eigenvalue weighted by molar-refractivity contribution is 5.66. The summed E-state index contributed by atoms with van der Waals surface area (Å²) in [5, 5.41) is 14.1. The summed E-state index contributed by atoms with van der Waals surface area (Å²) in [6.45, 7) is 1.58. The number of rotatable bonds is 3. The monoisotopic (exact) mass is 300 g/mol. The van der Waals surface area contributed by atoms with Gasteiger partial charge in [-0.2, -0.15) is 5.10 Å². The number of halogens is 2. The van der Waals surface area contributed by atoms with Crippen molar-refractivity contribution in [3.63, 3.8) is 0 Å². The molecule has 1 unspecified atom stereocenters. The molecule has 2 aromatic carbocycles. The highest BCUT2D eigenvalue weighted by atomic mass is 19.1. The van der Waals surface area contributed by atoms with Gasteiger partial charge in [0.05, 0.1) is 11.8 Å². The van der Waals surface area contributed by atoms with Crippen LogP contribution in [0.25, 0.3) is 16.8 Å². The summed E-state index contributed by atoms with van der Waals surface area (Å²) in [6.07, 6.45) is 0.767. The normalized spacial score (nSPS) is 12.4. The molecule has 3 rings (SSSR count). The van der Waals surface area contributed by atoms with Gasteiger partial charge in [-0.05, 0) is 24.6 Å². The van der Waals surface area contributed by atoms with Gasteiger partial charge in [-0.3, -0.25) is 0 Å². The Morgan fingerprint density at radius 1 is 1.09 bits per heavy atom. The summed E-state index contributed by atoms with van der Waals surface area (Å²) in [7, 11) is 0. The molecule has 3 aromatic rings. The highest BCUT2D eigenvalue weighted by Gasteiger charge is 2.17. The van der Waals surface area contributed by atoms with E-state index in [1.54, 1.807) is 13.1 Å². The van der Waals surface area contributed by atoms with Gasteiger partial charge in [0.2, 0.25) is 0 Å². The van der Waals surface area contributed by atoms with Crippen LogP contribution in [0, 0.1) is 11.6 Å². The van der Waals surface area contributed by atoms with Crippen molar-refractivity contribution in [3.05, 3.63) is 72.1 Å². The summed E-state index contributed by atoms with van der Waals surface area (Å²) in [5.74, 6) is -1.13. The molecule has 1 N–H and O–H groups in total. The Labute approximate surface area is 126 Å². The van der Waals surface area contributed by atoms with E-state index in [-0.39, 0.29) is 5.69 Å². The Balaban J connectivity index is 2.17. The van der Waals surface area contributed by atoms with Crippen molar-refractivity contribution in [2.75, 3.05) is 0 Å². The third-order valence-electron chi connectivity index (χ3n) is 3.38. The van der Waals surface area contributed by atoms with Crippen LogP contribution in [0.4, 0.5) is 8.78 Å². The zero-order valence-electron chi connectivity index (χ0n) is 11.9. The Hall–Kier alpha value is -2.53. The van der Waals surface area contributed by atoms with E-state index >= 15 is 0 Å². The predicted octanol–water partition coefficient (Wildman–Crippen LogP) is 3.87. The second kappa shape index (κ2) is 5.69. The van der Waals surface area contributed by atoms with Crippen molar-refractivity contribution < 1.29 is 13.9 Å². The van der Waals surface area contributed by atoms with Crippen LogP contribution in [-0.2, 0) is 0 Å². The number of aliphatic hydroxyl groups is 1. The number of aliphatic hydroxyl groups excluding tert-OH is 1. The van der Waals surface area contributed by atoms with Crippen LogP contribution in [0.3, 0.4) is 0 Å². The molecule has 0 aliphatic heterocycles. The molecule has 0 saturated heterocycles. The van der Waals surface area contributed by atoms with E-state index in [9.17, 15) is 13.9 Å². The first-order valence-electron chi connectivity index (χ1n) is 6.84. The second-order valence-corrected chi connectivity index (χ2v) is 5.01. The molecule has 1 aromatic heterocycles. The topological polar surface area (TPSA) is 38.1 Å². The lowest BCUT2D eigenvalue weighted by Gasteiger charge is -2.04. The average molecular weight is 300 g/mol. The molecule has 0 amide bonds. The Morgan fingerprint density at radius 2 is 1.82 bits per heavy atom. The first-order valence-corrected chi connectivity index (χ1v) is 6.84. The van der Waals surface area contributed by atoms with Crippen molar-refractivity contribution in [1.29, 1.82) is 0 Å². The first-order chi connectivity index (χ1) is 10.6. The number of hydrogen-bond acceptors (Lipinski definition) is 2. The first kappa shape index (κ1) is 14.4. The fraction of sp³-hybridized carbons (Fsp3) is 0.118. The Bertz CT molecular complexity index is 798. The Kier molecular flexibility index (Phi) is 3.73. The van der Waals surface area contributed by atoms with E-state index in [0.717, 1.165) is 23.8 Å². The van der Waals surface area contributed by atoms with Gasteiger partial charge in [-0.1, -0.05) is 30.3 Å². The van der Waals surface area contributed by atoms with Gasteiger partial charge in [0.25, 0.3) is 0 Å². The van der Waals surface area contributed by atoms with Crippen LogP contribution in [0.1, 0.15) is 18.7 Å². The summed E-state index contributed by atoms with van der Waals surface area (Å²) in [4.78, 5) is 0. The van der Waals surface area contributed by atoms with Crippen LogP contribution in [0.2, 0.25) is 0 Å². The minimum atomic E-state index is -0.826. The largest absolute Gasteiger partial charge is 0.387 e. The van der Waals surface area contributed by atoms with Crippen molar-refractivity contribution in [2.24, 2.45) is 0 Å². The summed E-state index contributed by atoms with van der Waals surface area (Å²) < 4.78 is 28.5. The van der Waals surface area contributed by atoms with Crippen LogP contribution in [0.15, 0.2) is 54.7 Å². The molecular weight excluding hydrogens is 286 g/mol. The molecule has 0 aliphatic carbocycles. The molecule has 0 bridgehead atoms. The molecule has 0 spiro atoms. The van der Waals surface area contributed by atoms with Crippen molar-refractivity contribution in [1.82, 2.24) is 9.78 Å². The molecule has 0 saturated carbocycles. The molecule has 1 atom stereocenters. The van der Waals surface area contributed by atoms with E-state index in [1.807, 2.05) is 30.3 Å². The van der Waals surface area contributed by atoms with Crippen molar-refractivity contribution in [3.8, 4) is 16.8 Å². The zero-order chi connectivity index (χ0) is 15.7. The molecule has 112 valence electrons. The van der Waals surface area contributed by atoms with Crippen LogP contribution in [-0.4, -0.2) is 14.9 Å². The van der Waals surface area contributed by atoms with E-state index in [0.29, 0.717) is 11.3 Å². The third kappa shape index (κ3) is 2.63. The van der Waals surface area contributed by atoms with Gasteiger partial charge in [0, 0.05) is 17.8 Å². The lowest BCUT2D eigenvalue weighted by molar-refractivity contribution is 0.194. The zero-order valence-corrected chi connectivity index (χ0v) is 11.9. The molecule has 0 fully saturated rings. The molecular formula is C17H14F2N2O. The van der Waals surface area contributed by atoms with Gasteiger partial charge in [-0.25, -0.2) is 13.5 Å². The molecule has 0 aliphatic rings. The van der Waals surface area contributed by atoms with E-state index in [1.165, 1.54) is 4.68 Å². The second-order valence-electron chi connectivity index (χ2n) is 5.01. The summed E-state index contributed by atoms with van der Waals surface area (Å²) >= 11 is 0. The molecule has 0 radical (unpaired) electrons. The highest BCUT2D eigenvalue weighted by Crippen LogP contribution is 2.29. The van der Waals surface area contributed by atoms with E-state index in [2.05, 4.69) is 5.10 Å². The lowest BCUT2D eigenvalue weighted by Crippen LogP contribution is -2.01. The summed E-state index contributed by atoms with van der Waals surface area (Å²) in [6, 6.07) is 12.5. The van der Waals surface area contributed by atoms with Crippen LogP contribution >= 0.6 is 0 Å². The van der Waals surface area contributed by atoms with Gasteiger partial charge in [0.1, 0.15) is 17.3 Å². The van der Waals surface area contributed by atoms with Gasteiger partial charge in [0.15, 0.2) is 0 Å². The SMILES string of the molecule is CC(O)c1nn(-c2cc(F)ccc2F)cc1-c1ccccc1. The standard InChI is InChI=1S/C17H14F2N2O/c1-11(22)17-14(12-5-3-2-4-6-12)10-21(20-17)16-9-13(18)7-8-15(16)19/h2-11,22H,1H3. The number of aromatic nitrogens is 2. The Morgan fingerprint density at radius 3 is 2.50 bits per heavy atom. The molecule has 22 heavy (non-hydrogen) atoms. The van der Waals surface area contributed by atoms with Gasteiger partial charge in [-0.15, -0.1) is 0 Å². The fourth-order valence-corrected chi connectivity index (χ4v) is 2.32. The number of benzene rings is 2. The maximum Gasteiger partial charge on any atom is 0.149 e. The lowest BCUT2D eigenvalue weighted by atomic mass is 10.0. The minimum absolute atomic E-state index is 0.00378. The van der Waals surface area contributed by atoms with Gasteiger partial charge < -0.3 is 5.11 Å². The van der Waals surface area contributed by atoms with Crippen LogP contribution in [0.5, 0.6) is 0 Å². The number of hydrogen-bond donors (Lipinski definition) is 1. The summed E-state index contributed by atoms with van der Waals surface area (Å²) in [5.41, 5.74) is 1.94. The van der Waals surface area contributed by atoms with Gasteiger partial charge >= 0.3 is 0 Å². The maximum absolute atomic E-state index is 13.9. The quantitative estimate of drug-likeness (QED) is 0.797. The van der Waals surface area contributed by atoms with Crippen LogP contribution < -0.4 is 0 Å². The average Bonchev–Trinajstić information content (AvgIpc) is 2.96. The minimum Gasteiger partial charge on any atom is -0.387 e. The van der Waals surface area contributed by atoms with Crippen molar-refractivity contribution in [2.45, 2.75) is 13.0 Å². The third-order valence-corrected chi connectivity index (χ3v) is 3.38. The van der Waals surface area contributed by atoms with Crippen molar-refractivity contribution >= 4 is 0 Å². The molecule has 1 heterocycles. The fourth-order valence-electron chi connectivity index (χ4n) is 2.32. The van der Waals surface area contributed by atoms with E-state index in [4.69, 9.17) is 0 Å². The maximum atomic E-state index is 13.9. The smallest absolute Gasteiger partial charge is 0.149 e.